The van der Waals surface area contributed by atoms with Crippen molar-refractivity contribution in [3.63, 3.8) is 0 Å². The van der Waals surface area contributed by atoms with Crippen LogP contribution in [0.5, 0.6) is 0 Å². The van der Waals surface area contributed by atoms with E-state index in [1.807, 2.05) is 47.7 Å². The van der Waals surface area contributed by atoms with Gasteiger partial charge in [0.15, 0.2) is 0 Å². The van der Waals surface area contributed by atoms with Crippen LogP contribution in [0.25, 0.3) is 0 Å². The molecule has 0 aliphatic rings. The molecule has 0 amide bonds. The topological polar surface area (TPSA) is 60.9 Å². The molecule has 0 spiro atoms. The summed E-state index contributed by atoms with van der Waals surface area (Å²) in [5, 5.41) is 0. The largest absolute Gasteiger partial charge is 0.399 e. The number of hydrogen-bond acceptors (Lipinski definition) is 3. The van der Waals surface area contributed by atoms with Crippen molar-refractivity contribution >= 4 is 28.3 Å². The Bertz CT molecular complexity index is 607. The van der Waals surface area contributed by atoms with Crippen LogP contribution in [0.2, 0.25) is 0 Å². The SMILES string of the molecule is Cc1c(N)cccc1Cn1cncc(I)c1=O. The number of aromatic nitrogens is 2. The number of hydrogen-bond donors (Lipinski definition) is 1. The van der Waals surface area contributed by atoms with E-state index < -0.39 is 0 Å². The quantitative estimate of drug-likeness (QED) is 0.669. The summed E-state index contributed by atoms with van der Waals surface area (Å²) in [7, 11) is 0. The predicted octanol–water partition coefficient (Wildman–Crippen LogP) is 1.79. The van der Waals surface area contributed by atoms with Gasteiger partial charge in [-0.1, -0.05) is 12.1 Å². The van der Waals surface area contributed by atoms with Crippen molar-refractivity contribution in [1.82, 2.24) is 9.55 Å². The van der Waals surface area contributed by atoms with E-state index >= 15 is 0 Å². The highest BCUT2D eigenvalue weighted by atomic mass is 127. The summed E-state index contributed by atoms with van der Waals surface area (Å²) in [5.74, 6) is 0. The van der Waals surface area contributed by atoms with Gasteiger partial charge in [-0.3, -0.25) is 9.36 Å². The first-order valence-corrected chi connectivity index (χ1v) is 6.21. The van der Waals surface area contributed by atoms with E-state index in [0.29, 0.717) is 10.1 Å². The van der Waals surface area contributed by atoms with E-state index in [1.54, 1.807) is 17.1 Å². The molecule has 17 heavy (non-hydrogen) atoms. The molecule has 0 atom stereocenters. The van der Waals surface area contributed by atoms with Crippen LogP contribution in [-0.4, -0.2) is 9.55 Å². The standard InChI is InChI=1S/C12H12IN3O/c1-8-9(3-2-4-11(8)14)6-16-7-15-5-10(13)12(16)17/h2-5,7H,6,14H2,1H3. The van der Waals surface area contributed by atoms with Gasteiger partial charge >= 0.3 is 0 Å². The highest BCUT2D eigenvalue weighted by molar-refractivity contribution is 14.1. The molecular weight excluding hydrogens is 329 g/mol. The maximum Gasteiger partial charge on any atom is 0.267 e. The van der Waals surface area contributed by atoms with Crippen LogP contribution in [0.4, 0.5) is 5.69 Å². The van der Waals surface area contributed by atoms with Crippen molar-refractivity contribution in [2.24, 2.45) is 0 Å². The summed E-state index contributed by atoms with van der Waals surface area (Å²) >= 11 is 1.99. The third kappa shape index (κ3) is 2.49. The Balaban J connectivity index is 2.42. The Hall–Kier alpha value is -1.37. The second-order valence-electron chi connectivity index (χ2n) is 3.81. The third-order valence-electron chi connectivity index (χ3n) is 2.69. The Morgan fingerprint density at radius 2 is 2.24 bits per heavy atom. The lowest BCUT2D eigenvalue weighted by Crippen LogP contribution is -2.23. The molecule has 1 aromatic carbocycles. The van der Waals surface area contributed by atoms with Crippen molar-refractivity contribution in [3.05, 3.63) is 55.8 Å². The van der Waals surface area contributed by atoms with Gasteiger partial charge in [0, 0.05) is 11.9 Å². The van der Waals surface area contributed by atoms with Crippen LogP contribution in [0, 0.1) is 10.5 Å². The summed E-state index contributed by atoms with van der Waals surface area (Å²) in [4.78, 5) is 15.9. The minimum absolute atomic E-state index is 0.0255. The van der Waals surface area contributed by atoms with Gasteiger partial charge < -0.3 is 5.73 Å². The van der Waals surface area contributed by atoms with E-state index in [4.69, 9.17) is 5.73 Å². The van der Waals surface area contributed by atoms with Crippen molar-refractivity contribution in [2.45, 2.75) is 13.5 Å². The van der Waals surface area contributed by atoms with Gasteiger partial charge in [-0.2, -0.15) is 0 Å². The first kappa shape index (κ1) is 12.1. The van der Waals surface area contributed by atoms with Crippen molar-refractivity contribution in [3.8, 4) is 0 Å². The molecule has 0 saturated heterocycles. The van der Waals surface area contributed by atoms with Gasteiger partial charge in [0.1, 0.15) is 0 Å². The molecule has 1 aromatic heterocycles. The molecule has 0 aliphatic heterocycles. The van der Waals surface area contributed by atoms with Crippen LogP contribution in [0.3, 0.4) is 0 Å². The average Bonchev–Trinajstić information content (AvgIpc) is 2.31. The molecule has 0 unspecified atom stereocenters. The lowest BCUT2D eigenvalue weighted by Gasteiger charge is -2.10. The van der Waals surface area contributed by atoms with Crippen LogP contribution >= 0.6 is 22.6 Å². The second kappa shape index (κ2) is 4.87. The predicted molar refractivity (Wildman–Crippen MR) is 75.9 cm³/mol. The highest BCUT2D eigenvalue weighted by Crippen LogP contribution is 2.15. The van der Waals surface area contributed by atoms with E-state index in [9.17, 15) is 4.79 Å². The summed E-state index contributed by atoms with van der Waals surface area (Å²) in [6, 6.07) is 5.72. The zero-order valence-electron chi connectivity index (χ0n) is 9.35. The van der Waals surface area contributed by atoms with Crippen LogP contribution in [0.1, 0.15) is 11.1 Å². The molecule has 4 nitrogen and oxygen atoms in total. The van der Waals surface area contributed by atoms with Crippen LogP contribution in [-0.2, 0) is 6.54 Å². The van der Waals surface area contributed by atoms with Gasteiger partial charge in [0.05, 0.1) is 16.4 Å². The number of benzene rings is 1. The summed E-state index contributed by atoms with van der Waals surface area (Å²) in [5.41, 5.74) is 8.61. The van der Waals surface area contributed by atoms with Crippen molar-refractivity contribution in [2.75, 3.05) is 5.73 Å². The molecule has 0 radical (unpaired) electrons. The molecule has 2 N–H and O–H groups in total. The van der Waals surface area contributed by atoms with Crippen molar-refractivity contribution < 1.29 is 0 Å². The van der Waals surface area contributed by atoms with E-state index in [2.05, 4.69) is 4.98 Å². The number of nitrogens with two attached hydrogens (primary N) is 1. The Morgan fingerprint density at radius 1 is 1.47 bits per heavy atom. The van der Waals surface area contributed by atoms with Gasteiger partial charge in [-0.15, -0.1) is 0 Å². The van der Waals surface area contributed by atoms with Gasteiger partial charge in [0.2, 0.25) is 0 Å². The number of nitrogens with zero attached hydrogens (tertiary/aromatic N) is 2. The molecule has 1 heterocycles. The normalized spacial score (nSPS) is 10.5. The molecular formula is C12H12IN3O. The lowest BCUT2D eigenvalue weighted by molar-refractivity contribution is 0.727. The second-order valence-corrected chi connectivity index (χ2v) is 4.97. The minimum Gasteiger partial charge on any atom is -0.399 e. The Morgan fingerprint density at radius 3 is 3.00 bits per heavy atom. The zero-order chi connectivity index (χ0) is 12.4. The molecule has 0 bridgehead atoms. The summed E-state index contributed by atoms with van der Waals surface area (Å²) < 4.78 is 2.20. The van der Waals surface area contributed by atoms with Crippen LogP contribution in [0.15, 0.2) is 35.5 Å². The number of rotatable bonds is 2. The maximum atomic E-state index is 11.9. The minimum atomic E-state index is -0.0255. The van der Waals surface area contributed by atoms with E-state index in [1.165, 1.54) is 0 Å². The fraction of sp³-hybridized carbons (Fsp3) is 0.167. The molecule has 0 aliphatic carbocycles. The van der Waals surface area contributed by atoms with Crippen LogP contribution < -0.4 is 11.3 Å². The fourth-order valence-corrected chi connectivity index (χ4v) is 2.07. The number of nitrogen functional groups attached to an aromatic ring is 1. The third-order valence-corrected chi connectivity index (χ3v) is 3.43. The summed E-state index contributed by atoms with van der Waals surface area (Å²) in [6.07, 6.45) is 3.11. The maximum absolute atomic E-state index is 11.9. The van der Waals surface area contributed by atoms with Gasteiger partial charge in [-0.05, 0) is 46.7 Å². The first-order valence-electron chi connectivity index (χ1n) is 5.13. The molecule has 0 saturated carbocycles. The Labute approximate surface area is 113 Å². The molecule has 5 heteroatoms. The van der Waals surface area contributed by atoms with E-state index in [-0.39, 0.29) is 5.56 Å². The number of halogens is 1. The Kier molecular flexibility index (Phi) is 3.46. The molecule has 2 aromatic rings. The lowest BCUT2D eigenvalue weighted by atomic mass is 10.1. The van der Waals surface area contributed by atoms with Gasteiger partial charge in [-0.25, -0.2) is 4.98 Å². The highest BCUT2D eigenvalue weighted by Gasteiger charge is 2.05. The van der Waals surface area contributed by atoms with E-state index in [0.717, 1.165) is 16.8 Å². The average molecular weight is 341 g/mol. The molecule has 2 rings (SSSR count). The molecule has 88 valence electrons. The fourth-order valence-electron chi connectivity index (χ4n) is 1.59. The smallest absolute Gasteiger partial charge is 0.267 e. The monoisotopic (exact) mass is 341 g/mol. The zero-order valence-corrected chi connectivity index (χ0v) is 11.5. The van der Waals surface area contributed by atoms with Crippen molar-refractivity contribution in [1.29, 1.82) is 0 Å². The number of anilines is 1. The molecule has 0 fully saturated rings. The first-order chi connectivity index (χ1) is 8.09. The summed E-state index contributed by atoms with van der Waals surface area (Å²) in [6.45, 7) is 2.45. The van der Waals surface area contributed by atoms with Gasteiger partial charge in [0.25, 0.3) is 5.56 Å².